The first kappa shape index (κ1) is 21.7. The highest BCUT2D eigenvalue weighted by Crippen LogP contribution is 2.42. The van der Waals surface area contributed by atoms with Gasteiger partial charge < -0.3 is 4.90 Å². The Morgan fingerprint density at radius 1 is 0.583 bits per heavy atom. The number of nitrogens with zero attached hydrogens (tertiary/aromatic N) is 2. The first-order valence-corrected chi connectivity index (χ1v) is 14.1. The Morgan fingerprint density at radius 2 is 1.31 bits per heavy atom. The molecule has 7 aromatic rings. The number of fused-ring (bicyclic) bond motifs is 4. The predicted molar refractivity (Wildman–Crippen MR) is 160 cm³/mol. The fourth-order valence-corrected chi connectivity index (χ4v) is 7.53. The Hall–Kier alpha value is -3.51. The molecule has 0 atom stereocenters. The van der Waals surface area contributed by atoms with Crippen LogP contribution >= 0.6 is 38.6 Å². The van der Waals surface area contributed by atoms with Crippen molar-refractivity contribution < 1.29 is 0 Å². The van der Waals surface area contributed by atoms with Gasteiger partial charge in [-0.25, -0.2) is 4.98 Å². The molecule has 0 saturated heterocycles. The van der Waals surface area contributed by atoms with Crippen LogP contribution in [0.15, 0.2) is 120 Å². The molecule has 0 amide bonds. The minimum Gasteiger partial charge on any atom is -0.310 e. The molecule has 0 unspecified atom stereocenters. The van der Waals surface area contributed by atoms with E-state index in [2.05, 4.69) is 130 Å². The molecule has 2 heterocycles. The highest BCUT2D eigenvalue weighted by atomic mass is 79.9. The zero-order valence-corrected chi connectivity index (χ0v) is 22.3. The number of hydrogen-bond donors (Lipinski definition) is 0. The minimum atomic E-state index is 1.05. The van der Waals surface area contributed by atoms with E-state index in [9.17, 15) is 0 Å². The summed E-state index contributed by atoms with van der Waals surface area (Å²) in [6.45, 7) is 0. The molecule has 0 spiro atoms. The van der Waals surface area contributed by atoms with E-state index in [-0.39, 0.29) is 0 Å². The van der Waals surface area contributed by atoms with Gasteiger partial charge in [-0.1, -0.05) is 58.4 Å². The summed E-state index contributed by atoms with van der Waals surface area (Å²) in [7, 11) is 0. The maximum atomic E-state index is 4.84. The minimum absolute atomic E-state index is 1.05. The third-order valence-corrected chi connectivity index (χ3v) is 9.23. The van der Waals surface area contributed by atoms with Gasteiger partial charge in [0, 0.05) is 47.3 Å². The number of benzene rings is 5. The molecule has 0 fully saturated rings. The molecule has 2 aromatic heterocycles. The van der Waals surface area contributed by atoms with Gasteiger partial charge in [-0.15, -0.1) is 22.7 Å². The number of thiazole rings is 1. The smallest absolute Gasteiger partial charge is 0.124 e. The summed E-state index contributed by atoms with van der Waals surface area (Å²) in [6, 6.07) is 40.8. The molecule has 0 aliphatic heterocycles. The Kier molecular flexibility index (Phi) is 5.35. The van der Waals surface area contributed by atoms with Gasteiger partial charge in [0.05, 0.1) is 10.2 Å². The van der Waals surface area contributed by atoms with Gasteiger partial charge in [0.15, 0.2) is 0 Å². The Balaban J connectivity index is 1.34. The highest BCUT2D eigenvalue weighted by Gasteiger charge is 2.16. The summed E-state index contributed by atoms with van der Waals surface area (Å²) in [5.74, 6) is 0. The fourth-order valence-electron chi connectivity index (χ4n) is 4.68. The third kappa shape index (κ3) is 3.71. The molecule has 0 aliphatic rings. The van der Waals surface area contributed by atoms with E-state index >= 15 is 0 Å². The van der Waals surface area contributed by atoms with Crippen molar-refractivity contribution in [3.63, 3.8) is 0 Å². The quantitative estimate of drug-likeness (QED) is 0.212. The number of para-hydroxylation sites is 2. The monoisotopic (exact) mass is 562 g/mol. The first-order chi connectivity index (χ1) is 17.7. The summed E-state index contributed by atoms with van der Waals surface area (Å²) in [4.78, 5) is 7.16. The fraction of sp³-hybridized carbons (Fsp3) is 0. The number of aromatic nitrogens is 1. The summed E-state index contributed by atoms with van der Waals surface area (Å²) < 4.78 is 4.93. The van der Waals surface area contributed by atoms with E-state index in [4.69, 9.17) is 4.98 Å². The molecule has 2 nitrogen and oxygen atoms in total. The van der Waals surface area contributed by atoms with E-state index in [0.717, 1.165) is 37.6 Å². The molecule has 7 rings (SSSR count). The maximum Gasteiger partial charge on any atom is 0.124 e. The molecule has 172 valence electrons. The van der Waals surface area contributed by atoms with Gasteiger partial charge >= 0.3 is 0 Å². The molecule has 0 radical (unpaired) electrons. The summed E-state index contributed by atoms with van der Waals surface area (Å²) in [5.41, 5.74) is 5.58. The zero-order valence-electron chi connectivity index (χ0n) is 19.1. The summed E-state index contributed by atoms with van der Waals surface area (Å²) in [6.07, 6.45) is 0. The second-order valence-corrected chi connectivity index (χ2v) is 11.6. The average molecular weight is 564 g/mol. The second-order valence-electron chi connectivity index (χ2n) is 8.60. The first-order valence-electron chi connectivity index (χ1n) is 11.7. The average Bonchev–Trinajstić information content (AvgIpc) is 3.52. The second kappa shape index (κ2) is 8.86. The van der Waals surface area contributed by atoms with Crippen molar-refractivity contribution in [2.45, 2.75) is 0 Å². The van der Waals surface area contributed by atoms with Crippen LogP contribution in [0.4, 0.5) is 17.1 Å². The molecule has 0 bridgehead atoms. The Labute approximate surface area is 225 Å². The topological polar surface area (TPSA) is 16.1 Å². The number of halogens is 1. The van der Waals surface area contributed by atoms with Gasteiger partial charge in [0.2, 0.25) is 0 Å². The lowest BCUT2D eigenvalue weighted by atomic mass is 10.1. The SMILES string of the molecule is Brc1cccc2sc3cc(N(c4ccccc4)c4ccc(-c5nc6ccccc6s5)cc4)ccc3c12. The van der Waals surface area contributed by atoms with Crippen LogP contribution in [0, 0.1) is 0 Å². The summed E-state index contributed by atoms with van der Waals surface area (Å²) >= 11 is 7.32. The van der Waals surface area contributed by atoms with Crippen LogP contribution in [0.2, 0.25) is 0 Å². The van der Waals surface area contributed by atoms with Gasteiger partial charge in [0.1, 0.15) is 5.01 Å². The normalized spacial score (nSPS) is 11.5. The van der Waals surface area contributed by atoms with E-state index < -0.39 is 0 Å². The number of rotatable bonds is 4. The Bertz CT molecular complexity index is 1820. The lowest BCUT2D eigenvalue weighted by Gasteiger charge is -2.25. The van der Waals surface area contributed by atoms with Crippen molar-refractivity contribution >= 4 is 86.1 Å². The largest absolute Gasteiger partial charge is 0.310 e. The van der Waals surface area contributed by atoms with Crippen molar-refractivity contribution in [1.82, 2.24) is 4.98 Å². The molecule has 0 saturated carbocycles. The maximum absolute atomic E-state index is 4.84. The van der Waals surface area contributed by atoms with Gasteiger partial charge in [-0.3, -0.25) is 0 Å². The third-order valence-electron chi connectivity index (χ3n) is 6.37. The Morgan fingerprint density at radius 3 is 2.14 bits per heavy atom. The van der Waals surface area contributed by atoms with Crippen molar-refractivity contribution in [3.8, 4) is 10.6 Å². The van der Waals surface area contributed by atoms with Crippen molar-refractivity contribution in [1.29, 1.82) is 0 Å². The van der Waals surface area contributed by atoms with Crippen LogP contribution in [0.1, 0.15) is 0 Å². The van der Waals surface area contributed by atoms with E-state index in [1.54, 1.807) is 11.3 Å². The highest BCUT2D eigenvalue weighted by molar-refractivity contribution is 9.10. The van der Waals surface area contributed by atoms with Crippen LogP contribution in [0.25, 0.3) is 41.0 Å². The van der Waals surface area contributed by atoms with Crippen LogP contribution in [-0.4, -0.2) is 4.98 Å². The zero-order chi connectivity index (χ0) is 24.1. The molecular weight excluding hydrogens is 544 g/mol. The molecule has 0 aliphatic carbocycles. The lowest BCUT2D eigenvalue weighted by Crippen LogP contribution is -2.09. The van der Waals surface area contributed by atoms with E-state index in [1.165, 1.54) is 24.9 Å². The van der Waals surface area contributed by atoms with Gasteiger partial charge in [0.25, 0.3) is 0 Å². The lowest BCUT2D eigenvalue weighted by molar-refractivity contribution is 1.29. The predicted octanol–water partition coefficient (Wildman–Crippen LogP) is 10.6. The molecule has 5 heteroatoms. The van der Waals surface area contributed by atoms with Crippen LogP contribution < -0.4 is 4.90 Å². The van der Waals surface area contributed by atoms with Crippen molar-refractivity contribution in [2.24, 2.45) is 0 Å². The molecular formula is C31H19BrN2S2. The molecule has 36 heavy (non-hydrogen) atoms. The number of hydrogen-bond acceptors (Lipinski definition) is 4. The van der Waals surface area contributed by atoms with Crippen LogP contribution in [0.3, 0.4) is 0 Å². The van der Waals surface area contributed by atoms with E-state index in [1.807, 2.05) is 17.4 Å². The molecule has 0 N–H and O–H groups in total. The van der Waals surface area contributed by atoms with E-state index in [0.29, 0.717) is 0 Å². The molecule has 5 aromatic carbocycles. The van der Waals surface area contributed by atoms with Gasteiger partial charge in [-0.05, 0) is 72.8 Å². The van der Waals surface area contributed by atoms with Crippen molar-refractivity contribution in [3.05, 3.63) is 120 Å². The standard InChI is InChI=1S/C31H19BrN2S2/c32-25-9-6-12-28-30(25)24-18-17-23(19-29(24)35-28)34(21-7-2-1-3-8-21)22-15-13-20(14-16-22)31-33-26-10-4-5-11-27(26)36-31/h1-19H. The number of thiophene rings is 1. The van der Waals surface area contributed by atoms with Crippen LogP contribution in [-0.2, 0) is 0 Å². The van der Waals surface area contributed by atoms with Crippen LogP contribution in [0.5, 0.6) is 0 Å². The number of anilines is 3. The van der Waals surface area contributed by atoms with Crippen molar-refractivity contribution in [2.75, 3.05) is 4.90 Å². The van der Waals surface area contributed by atoms with Gasteiger partial charge in [-0.2, -0.15) is 0 Å². The summed E-state index contributed by atoms with van der Waals surface area (Å²) in [5, 5.41) is 3.62.